The minimum Gasteiger partial charge on any atom is -0.368 e. The van der Waals surface area contributed by atoms with E-state index in [-0.39, 0.29) is 23.0 Å². The summed E-state index contributed by atoms with van der Waals surface area (Å²) in [4.78, 5) is 25.0. The predicted molar refractivity (Wildman–Crippen MR) is 116 cm³/mol. The summed E-state index contributed by atoms with van der Waals surface area (Å²) >= 11 is 7.24. The number of benzene rings is 2. The first-order valence-corrected chi connectivity index (χ1v) is 11.6. The molecule has 0 saturated heterocycles. The summed E-state index contributed by atoms with van der Waals surface area (Å²) < 4.78 is 24.2. The molecule has 10 heteroatoms. The van der Waals surface area contributed by atoms with Crippen molar-refractivity contribution in [2.24, 2.45) is 5.73 Å². The lowest BCUT2D eigenvalue weighted by atomic mass is 9.90. The smallest absolute Gasteiger partial charge is 0.252 e. The number of hydrogen-bond acceptors (Lipinski definition) is 5. The number of carbonyl (C=O) groups is 2. The van der Waals surface area contributed by atoms with Gasteiger partial charge in [0.25, 0.3) is 5.91 Å². The number of nitrogens with one attached hydrogen (secondary N) is 2. The molecule has 2 aromatic carbocycles. The molecule has 0 radical (unpaired) electrons. The summed E-state index contributed by atoms with van der Waals surface area (Å²) in [7, 11) is -3.54. The summed E-state index contributed by atoms with van der Waals surface area (Å²) in [5.74, 6) is -1.00. The molecular weight excluding hydrogens is 434 g/mol. The van der Waals surface area contributed by atoms with Crippen LogP contribution in [-0.2, 0) is 24.4 Å². The van der Waals surface area contributed by atoms with Gasteiger partial charge in [-0.05, 0) is 41.3 Å². The van der Waals surface area contributed by atoms with Crippen molar-refractivity contribution in [1.82, 2.24) is 0 Å². The highest BCUT2D eigenvalue weighted by molar-refractivity contribution is 8.04. The van der Waals surface area contributed by atoms with Crippen LogP contribution in [0.3, 0.4) is 0 Å². The summed E-state index contributed by atoms with van der Waals surface area (Å²) in [6.45, 7) is 0. The van der Waals surface area contributed by atoms with Gasteiger partial charge in [-0.2, -0.15) is 0 Å². The monoisotopic (exact) mass is 451 g/mol. The Bertz CT molecular complexity index is 1100. The van der Waals surface area contributed by atoms with Gasteiger partial charge in [0.15, 0.2) is 0 Å². The van der Waals surface area contributed by atoms with Crippen LogP contribution in [0.15, 0.2) is 59.5 Å². The summed E-state index contributed by atoms with van der Waals surface area (Å²) in [5.41, 5.74) is 7.33. The fourth-order valence-corrected chi connectivity index (χ4v) is 4.87. The molecule has 2 amide bonds. The first-order valence-electron chi connectivity index (χ1n) is 8.41. The Morgan fingerprint density at radius 2 is 1.83 bits per heavy atom. The van der Waals surface area contributed by atoms with Gasteiger partial charge in [-0.3, -0.25) is 14.3 Å². The number of anilines is 2. The number of amides is 2. The zero-order chi connectivity index (χ0) is 21.2. The van der Waals surface area contributed by atoms with Gasteiger partial charge in [0.1, 0.15) is 4.75 Å². The van der Waals surface area contributed by atoms with Crippen LogP contribution in [0, 0.1) is 0 Å². The quantitative estimate of drug-likeness (QED) is 0.623. The molecule has 1 aliphatic rings. The second kappa shape index (κ2) is 8.10. The van der Waals surface area contributed by atoms with Crippen molar-refractivity contribution in [2.45, 2.75) is 11.2 Å². The Hall–Kier alpha value is -2.49. The third-order valence-corrected chi connectivity index (χ3v) is 6.44. The molecule has 7 nitrogen and oxygen atoms in total. The number of halogens is 1. The average molecular weight is 452 g/mol. The number of hydrogen-bond donors (Lipinski definition) is 3. The zero-order valence-corrected chi connectivity index (χ0v) is 17.7. The van der Waals surface area contributed by atoms with Crippen LogP contribution in [-0.4, -0.2) is 26.5 Å². The van der Waals surface area contributed by atoms with Crippen molar-refractivity contribution in [3.63, 3.8) is 0 Å². The molecule has 1 heterocycles. The Labute approximate surface area is 177 Å². The molecule has 1 unspecified atom stereocenters. The Balaban J connectivity index is 1.89. The van der Waals surface area contributed by atoms with Gasteiger partial charge < -0.3 is 11.1 Å². The molecule has 0 spiro atoms. The van der Waals surface area contributed by atoms with E-state index in [4.69, 9.17) is 17.3 Å². The lowest BCUT2D eigenvalue weighted by Crippen LogP contribution is -2.37. The van der Waals surface area contributed by atoms with Gasteiger partial charge >= 0.3 is 0 Å². The van der Waals surface area contributed by atoms with Gasteiger partial charge in [0, 0.05) is 22.7 Å². The Morgan fingerprint density at radius 3 is 2.45 bits per heavy atom. The van der Waals surface area contributed by atoms with Crippen molar-refractivity contribution in [2.75, 3.05) is 16.3 Å². The molecule has 1 atom stereocenters. The molecule has 3 rings (SSSR count). The van der Waals surface area contributed by atoms with Crippen LogP contribution < -0.4 is 15.8 Å². The third-order valence-electron chi connectivity index (χ3n) is 4.23. The number of primary amides is 1. The first kappa shape index (κ1) is 21.2. The molecular formula is C19H18ClN3O4S2. The van der Waals surface area contributed by atoms with Crippen LogP contribution in [0.25, 0.3) is 0 Å². The van der Waals surface area contributed by atoms with Gasteiger partial charge in [0.05, 0.1) is 11.9 Å². The van der Waals surface area contributed by atoms with E-state index >= 15 is 0 Å². The highest BCUT2D eigenvalue weighted by Gasteiger charge is 2.45. The molecule has 0 aromatic heterocycles. The molecule has 2 aromatic rings. The van der Waals surface area contributed by atoms with E-state index in [9.17, 15) is 18.0 Å². The highest BCUT2D eigenvalue weighted by Crippen LogP contribution is 2.49. The maximum atomic E-state index is 12.6. The van der Waals surface area contributed by atoms with Crippen molar-refractivity contribution >= 4 is 56.6 Å². The van der Waals surface area contributed by atoms with E-state index in [0.717, 1.165) is 18.0 Å². The minimum absolute atomic E-state index is 0.0460. The lowest BCUT2D eigenvalue weighted by molar-refractivity contribution is -0.120. The summed E-state index contributed by atoms with van der Waals surface area (Å²) in [5, 5.41) is 4.60. The van der Waals surface area contributed by atoms with Crippen molar-refractivity contribution in [3.05, 3.63) is 70.1 Å². The van der Waals surface area contributed by atoms with Crippen LogP contribution in [0.2, 0.25) is 5.02 Å². The van der Waals surface area contributed by atoms with E-state index in [1.807, 2.05) is 6.07 Å². The molecule has 29 heavy (non-hydrogen) atoms. The maximum absolute atomic E-state index is 12.6. The van der Waals surface area contributed by atoms with Gasteiger partial charge in [-0.1, -0.05) is 29.8 Å². The number of thioether (sulfide) groups is 1. The van der Waals surface area contributed by atoms with Crippen LogP contribution >= 0.6 is 23.4 Å². The van der Waals surface area contributed by atoms with E-state index in [1.165, 1.54) is 12.1 Å². The van der Waals surface area contributed by atoms with Crippen molar-refractivity contribution in [3.8, 4) is 0 Å². The molecule has 152 valence electrons. The molecule has 0 fully saturated rings. The van der Waals surface area contributed by atoms with Crippen molar-refractivity contribution in [1.29, 1.82) is 0 Å². The van der Waals surface area contributed by atoms with Crippen LogP contribution in [0.5, 0.6) is 0 Å². The SMILES string of the molecule is CS(=O)(=O)Nc1cc(Cl)cc(C2(C(N)=O)CC(C(=O)Nc3ccccc3)=CS2)c1. The average Bonchev–Trinajstić information content (AvgIpc) is 3.07. The highest BCUT2D eigenvalue weighted by atomic mass is 35.5. The number of sulfonamides is 1. The normalized spacial score (nSPS) is 18.8. The zero-order valence-electron chi connectivity index (χ0n) is 15.3. The second-order valence-corrected chi connectivity index (χ2v) is 9.91. The number of carbonyl (C=O) groups excluding carboxylic acids is 2. The molecule has 0 saturated carbocycles. The first-order chi connectivity index (χ1) is 13.6. The largest absolute Gasteiger partial charge is 0.368 e. The van der Waals surface area contributed by atoms with Gasteiger partial charge in [-0.25, -0.2) is 8.42 Å². The van der Waals surface area contributed by atoms with E-state index in [1.54, 1.807) is 35.7 Å². The molecule has 1 aliphatic heterocycles. The molecule has 4 N–H and O–H groups in total. The van der Waals surface area contributed by atoms with Crippen LogP contribution in [0.1, 0.15) is 12.0 Å². The van der Waals surface area contributed by atoms with E-state index in [2.05, 4.69) is 10.0 Å². The fourth-order valence-electron chi connectivity index (χ4n) is 2.94. The minimum atomic E-state index is -3.54. The number of nitrogens with two attached hydrogens (primary N) is 1. The topological polar surface area (TPSA) is 118 Å². The number of para-hydroxylation sites is 1. The Kier molecular flexibility index (Phi) is 5.92. The fraction of sp³-hybridized carbons (Fsp3) is 0.158. The molecule has 0 bridgehead atoms. The van der Waals surface area contributed by atoms with E-state index in [0.29, 0.717) is 16.8 Å². The second-order valence-electron chi connectivity index (χ2n) is 6.55. The maximum Gasteiger partial charge on any atom is 0.252 e. The number of rotatable bonds is 6. The lowest BCUT2D eigenvalue weighted by Gasteiger charge is -2.26. The van der Waals surface area contributed by atoms with Crippen LogP contribution in [0.4, 0.5) is 11.4 Å². The summed E-state index contributed by atoms with van der Waals surface area (Å²) in [6.07, 6.45) is 1.06. The standard InChI is InChI=1S/C19H18ClN3O4S2/c1-29(26,27)23-16-8-13(7-14(20)9-16)19(18(21)25)10-12(11-28-19)17(24)22-15-5-3-2-4-6-15/h2-9,11,23H,10H2,1H3,(H2,21,25)(H,22,24). The molecule has 0 aliphatic carbocycles. The van der Waals surface area contributed by atoms with Gasteiger partial charge in [0.2, 0.25) is 15.9 Å². The third kappa shape index (κ3) is 4.92. The Morgan fingerprint density at radius 1 is 1.14 bits per heavy atom. The van der Waals surface area contributed by atoms with Gasteiger partial charge in [-0.15, -0.1) is 11.8 Å². The van der Waals surface area contributed by atoms with E-state index < -0.39 is 20.7 Å². The summed E-state index contributed by atoms with van der Waals surface area (Å²) in [6, 6.07) is 13.4. The van der Waals surface area contributed by atoms with Crippen molar-refractivity contribution < 1.29 is 18.0 Å². The predicted octanol–water partition coefficient (Wildman–Crippen LogP) is 3.05.